The summed E-state index contributed by atoms with van der Waals surface area (Å²) in [5, 5.41) is 5.91. The number of nitrogens with zero attached hydrogens (tertiary/aromatic N) is 2. The van der Waals surface area contributed by atoms with Crippen molar-refractivity contribution in [2.45, 2.75) is 0 Å². The number of pyridine rings is 1. The van der Waals surface area contributed by atoms with Gasteiger partial charge in [-0.05, 0) is 42.5 Å². The molecule has 0 radical (unpaired) electrons. The lowest BCUT2D eigenvalue weighted by molar-refractivity contribution is 0.414. The van der Waals surface area contributed by atoms with Crippen molar-refractivity contribution < 1.29 is 4.74 Å². The van der Waals surface area contributed by atoms with Crippen LogP contribution in [0.5, 0.6) is 5.75 Å². The summed E-state index contributed by atoms with van der Waals surface area (Å²) in [5.74, 6) is 0.725. The van der Waals surface area contributed by atoms with Gasteiger partial charge in [0.25, 0.3) is 5.56 Å². The maximum absolute atomic E-state index is 12.6. The molecule has 0 saturated heterocycles. The van der Waals surface area contributed by atoms with Crippen LogP contribution in [0.15, 0.2) is 53.5 Å². The van der Waals surface area contributed by atoms with Crippen molar-refractivity contribution in [1.82, 2.24) is 14.8 Å². The van der Waals surface area contributed by atoms with Crippen LogP contribution >= 0.6 is 11.6 Å². The highest BCUT2D eigenvalue weighted by Crippen LogP contribution is 2.28. The molecule has 2 aromatic rings. The quantitative estimate of drug-likeness (QED) is 0.614. The average Bonchev–Trinajstić information content (AvgIpc) is 2.92. The first kappa shape index (κ1) is 13.8. The molecule has 0 unspecified atom stereocenters. The Morgan fingerprint density at radius 2 is 1.96 bits per heavy atom. The van der Waals surface area contributed by atoms with Crippen LogP contribution in [-0.2, 0) is 0 Å². The Morgan fingerprint density at radius 1 is 1.17 bits per heavy atom. The van der Waals surface area contributed by atoms with Crippen LogP contribution in [0.4, 0.5) is 0 Å². The van der Waals surface area contributed by atoms with E-state index in [-0.39, 0.29) is 5.56 Å². The third kappa shape index (κ3) is 2.17. The Morgan fingerprint density at radius 3 is 2.70 bits per heavy atom. The summed E-state index contributed by atoms with van der Waals surface area (Å²) in [5.41, 5.74) is 2.53. The minimum Gasteiger partial charge on any atom is -0.497 e. The molecule has 0 spiro atoms. The van der Waals surface area contributed by atoms with Crippen LogP contribution in [0.1, 0.15) is 0 Å². The van der Waals surface area contributed by atoms with Crippen LogP contribution in [-0.4, -0.2) is 21.9 Å². The second-order valence-corrected chi connectivity index (χ2v) is 5.59. The number of benzene rings is 2. The lowest BCUT2D eigenvalue weighted by Gasteiger charge is -2.03. The second-order valence-electron chi connectivity index (χ2n) is 5.16. The maximum atomic E-state index is 12.6. The number of fused-ring (bicyclic) bond motifs is 3. The van der Waals surface area contributed by atoms with E-state index in [1.54, 1.807) is 49.7 Å². The summed E-state index contributed by atoms with van der Waals surface area (Å²) in [6.45, 7) is 0. The molecular weight excluding hydrogens is 314 g/mol. The van der Waals surface area contributed by atoms with E-state index < -0.39 is 0 Å². The van der Waals surface area contributed by atoms with E-state index in [9.17, 15) is 4.79 Å². The predicted octanol–water partition coefficient (Wildman–Crippen LogP) is 3.48. The van der Waals surface area contributed by atoms with Gasteiger partial charge in [0.05, 0.1) is 18.4 Å². The Labute approximate surface area is 136 Å². The fourth-order valence-corrected chi connectivity index (χ4v) is 2.80. The molecule has 2 aromatic carbocycles. The predicted molar refractivity (Wildman–Crippen MR) is 89.9 cm³/mol. The molecule has 114 valence electrons. The fourth-order valence-electron chi connectivity index (χ4n) is 2.63. The van der Waals surface area contributed by atoms with Crippen molar-refractivity contribution in [1.29, 1.82) is 0 Å². The van der Waals surface area contributed by atoms with Crippen LogP contribution < -0.4 is 10.3 Å². The molecule has 0 saturated carbocycles. The molecule has 0 atom stereocenters. The molecular formula is C17H12ClN3O2. The second kappa shape index (κ2) is 5.14. The Balaban J connectivity index is 1.99. The molecule has 2 aliphatic rings. The molecule has 6 heteroatoms. The van der Waals surface area contributed by atoms with Crippen LogP contribution in [0.2, 0.25) is 5.02 Å². The maximum Gasteiger partial charge on any atom is 0.282 e. The third-order valence-corrected chi connectivity index (χ3v) is 4.04. The zero-order valence-corrected chi connectivity index (χ0v) is 13.0. The van der Waals surface area contributed by atoms with Crippen molar-refractivity contribution in [2.24, 2.45) is 0 Å². The van der Waals surface area contributed by atoms with Crippen molar-refractivity contribution >= 4 is 22.5 Å². The molecule has 2 heterocycles. The van der Waals surface area contributed by atoms with Gasteiger partial charge in [0.15, 0.2) is 0 Å². The smallest absolute Gasteiger partial charge is 0.282 e. The summed E-state index contributed by atoms with van der Waals surface area (Å²) in [4.78, 5) is 15.7. The number of halogens is 1. The Bertz CT molecular complexity index is 1030. The number of H-pyrrole nitrogens is 1. The summed E-state index contributed by atoms with van der Waals surface area (Å²) in [7, 11) is 1.60. The lowest BCUT2D eigenvalue weighted by Crippen LogP contribution is -2.14. The van der Waals surface area contributed by atoms with Crippen LogP contribution in [0.25, 0.3) is 27.8 Å². The molecule has 0 bridgehead atoms. The highest BCUT2D eigenvalue weighted by atomic mass is 35.5. The first-order chi connectivity index (χ1) is 11.2. The molecule has 0 aromatic heterocycles. The Kier molecular flexibility index (Phi) is 3.09. The summed E-state index contributed by atoms with van der Waals surface area (Å²) < 4.78 is 6.52. The number of aromatic amines is 1. The van der Waals surface area contributed by atoms with Gasteiger partial charge in [-0.2, -0.15) is 9.78 Å². The molecule has 23 heavy (non-hydrogen) atoms. The number of nitrogens with one attached hydrogen (secondary N) is 1. The van der Waals surface area contributed by atoms with E-state index in [0.717, 1.165) is 16.7 Å². The van der Waals surface area contributed by atoms with E-state index >= 15 is 0 Å². The van der Waals surface area contributed by atoms with Crippen LogP contribution in [0.3, 0.4) is 0 Å². The largest absolute Gasteiger partial charge is 0.497 e. The van der Waals surface area contributed by atoms with Gasteiger partial charge in [-0.25, -0.2) is 0 Å². The van der Waals surface area contributed by atoms with Crippen molar-refractivity contribution in [2.75, 3.05) is 7.11 Å². The van der Waals surface area contributed by atoms with Gasteiger partial charge in [0.2, 0.25) is 0 Å². The van der Waals surface area contributed by atoms with Gasteiger partial charge < -0.3 is 9.72 Å². The molecule has 0 amide bonds. The molecule has 1 N–H and O–H groups in total. The van der Waals surface area contributed by atoms with Gasteiger partial charge in [-0.15, -0.1) is 0 Å². The molecule has 0 aliphatic carbocycles. The van der Waals surface area contributed by atoms with E-state index in [0.29, 0.717) is 22.0 Å². The zero-order chi connectivity index (χ0) is 16.0. The molecule has 4 rings (SSSR count). The van der Waals surface area contributed by atoms with Gasteiger partial charge in [-0.3, -0.25) is 4.79 Å². The fraction of sp³-hybridized carbons (Fsp3) is 0.0588. The van der Waals surface area contributed by atoms with E-state index in [2.05, 4.69) is 10.1 Å². The average molecular weight is 326 g/mol. The van der Waals surface area contributed by atoms with E-state index in [1.165, 1.54) is 4.68 Å². The number of rotatable bonds is 2. The highest BCUT2D eigenvalue weighted by molar-refractivity contribution is 6.31. The topological polar surface area (TPSA) is 59.9 Å². The molecule has 0 fully saturated rings. The minimum atomic E-state index is -0.178. The van der Waals surface area contributed by atoms with Crippen molar-refractivity contribution in [3.63, 3.8) is 0 Å². The van der Waals surface area contributed by atoms with Gasteiger partial charge in [-0.1, -0.05) is 11.6 Å². The van der Waals surface area contributed by atoms with Gasteiger partial charge in [0.1, 0.15) is 11.4 Å². The first-order valence-corrected chi connectivity index (χ1v) is 7.39. The number of hydrogen-bond acceptors (Lipinski definition) is 3. The minimum absolute atomic E-state index is 0.178. The first-order valence-electron chi connectivity index (χ1n) is 7.01. The Hall–Kier alpha value is -2.79. The van der Waals surface area contributed by atoms with Crippen LogP contribution in [0, 0.1) is 0 Å². The standard InChI is InChI=1S/C17H12ClN3O2/c1-23-12-5-3-11(4-6-12)21-17(22)14-9-19-15-7-2-10(18)8-13(15)16(14)20-21/h2-9,19H,1H3. The number of methoxy groups -OCH3 is 1. The van der Waals surface area contributed by atoms with Gasteiger partial charge in [0, 0.05) is 22.1 Å². The molecule has 5 nitrogen and oxygen atoms in total. The number of hydrogen-bond donors (Lipinski definition) is 1. The number of ether oxygens (including phenoxy) is 1. The SMILES string of the molecule is COc1ccc(-n2nc3c4cc(Cl)ccc4[nH]cc-3c2=O)cc1. The number of aromatic nitrogens is 3. The monoisotopic (exact) mass is 325 g/mol. The lowest BCUT2D eigenvalue weighted by atomic mass is 10.1. The highest BCUT2D eigenvalue weighted by Gasteiger charge is 2.19. The van der Waals surface area contributed by atoms with Crippen molar-refractivity contribution in [3.05, 3.63) is 64.0 Å². The molecule has 2 aliphatic heterocycles. The van der Waals surface area contributed by atoms with Gasteiger partial charge >= 0.3 is 0 Å². The normalized spacial score (nSPS) is 11.2. The summed E-state index contributed by atoms with van der Waals surface area (Å²) in [6.07, 6.45) is 1.68. The van der Waals surface area contributed by atoms with Crippen molar-refractivity contribution in [3.8, 4) is 22.7 Å². The van der Waals surface area contributed by atoms with E-state index in [4.69, 9.17) is 16.3 Å². The zero-order valence-electron chi connectivity index (χ0n) is 12.2. The van der Waals surface area contributed by atoms with E-state index in [1.807, 2.05) is 6.07 Å². The summed E-state index contributed by atoms with van der Waals surface area (Å²) >= 11 is 6.08. The third-order valence-electron chi connectivity index (χ3n) is 3.80. The summed E-state index contributed by atoms with van der Waals surface area (Å²) in [6, 6.07) is 12.7.